The number of carboxylic acids is 1. The largest absolute Gasteiger partial charge is 0.481 e. The van der Waals surface area contributed by atoms with E-state index in [1.165, 1.54) is 0 Å². The van der Waals surface area contributed by atoms with Crippen molar-refractivity contribution in [2.24, 2.45) is 29.6 Å². The molecule has 0 aromatic carbocycles. The van der Waals surface area contributed by atoms with Crippen LogP contribution in [0.4, 0.5) is 0 Å². The number of carboxylic acid groups (broad SMARTS) is 1. The van der Waals surface area contributed by atoms with Gasteiger partial charge in [-0.25, -0.2) is 4.79 Å². The number of hydrogen-bond donors (Lipinski definition) is 1. The van der Waals surface area contributed by atoms with Crippen molar-refractivity contribution in [1.82, 2.24) is 0 Å². The van der Waals surface area contributed by atoms with Crippen LogP contribution in [0.15, 0.2) is 12.2 Å². The molecule has 0 radical (unpaired) electrons. The highest BCUT2D eigenvalue weighted by Gasteiger charge is 2.63. The first-order valence-electron chi connectivity index (χ1n) is 6.58. The highest BCUT2D eigenvalue weighted by Crippen LogP contribution is 2.61. The highest BCUT2D eigenvalue weighted by atomic mass is 16.5. The molecule has 0 saturated heterocycles. The first-order chi connectivity index (χ1) is 8.49. The maximum absolute atomic E-state index is 11.7. The van der Waals surface area contributed by atoms with E-state index in [1.807, 2.05) is 0 Å². The minimum absolute atomic E-state index is 0.0216. The van der Waals surface area contributed by atoms with E-state index < -0.39 is 5.97 Å². The standard InChI is InChI=1S/C14H18O4/c1-6(2)14(17)18-12-9-4-7-3-8(9)11(13(15)16)10(12)5-7/h7-12H,1,3-5H2,2H3,(H,15,16). The lowest BCUT2D eigenvalue weighted by atomic mass is 9.74. The Morgan fingerprint density at radius 2 is 1.78 bits per heavy atom. The Morgan fingerprint density at radius 3 is 2.39 bits per heavy atom. The van der Waals surface area contributed by atoms with E-state index in [2.05, 4.69) is 6.58 Å². The number of hydrogen-bond acceptors (Lipinski definition) is 3. The minimum Gasteiger partial charge on any atom is -0.481 e. The van der Waals surface area contributed by atoms with Crippen LogP contribution >= 0.6 is 0 Å². The molecule has 0 aliphatic heterocycles. The summed E-state index contributed by atoms with van der Waals surface area (Å²) in [6, 6.07) is 0. The molecule has 98 valence electrons. The zero-order chi connectivity index (χ0) is 13.0. The van der Waals surface area contributed by atoms with Gasteiger partial charge in [-0.15, -0.1) is 0 Å². The normalized spacial score (nSPS) is 44.1. The highest BCUT2D eigenvalue weighted by molar-refractivity contribution is 5.87. The first kappa shape index (κ1) is 11.8. The second-order valence-electron chi connectivity index (χ2n) is 6.08. The van der Waals surface area contributed by atoms with E-state index in [-0.39, 0.29) is 35.7 Å². The SMILES string of the molecule is C=C(C)C(=O)OC1C2CC3CC2C(C(=O)O)C1C3. The van der Waals surface area contributed by atoms with Crippen molar-refractivity contribution < 1.29 is 19.4 Å². The van der Waals surface area contributed by atoms with E-state index in [0.717, 1.165) is 19.3 Å². The van der Waals surface area contributed by atoms with Gasteiger partial charge in [0.15, 0.2) is 0 Å². The smallest absolute Gasteiger partial charge is 0.333 e. The monoisotopic (exact) mass is 250 g/mol. The van der Waals surface area contributed by atoms with Gasteiger partial charge in [0.25, 0.3) is 0 Å². The number of carbonyl (C=O) groups is 2. The van der Waals surface area contributed by atoms with Crippen molar-refractivity contribution in [3.8, 4) is 0 Å². The summed E-state index contributed by atoms with van der Waals surface area (Å²) < 4.78 is 5.52. The molecule has 6 atom stereocenters. The summed E-state index contributed by atoms with van der Waals surface area (Å²) >= 11 is 0. The number of carbonyl (C=O) groups excluding carboxylic acids is 1. The molecule has 4 saturated carbocycles. The van der Waals surface area contributed by atoms with Crippen molar-refractivity contribution in [3.63, 3.8) is 0 Å². The minimum atomic E-state index is -0.718. The Balaban J connectivity index is 1.83. The average Bonchev–Trinajstić information content (AvgIpc) is 2.69. The molecule has 4 heteroatoms. The number of aliphatic carboxylic acids is 1. The maximum Gasteiger partial charge on any atom is 0.333 e. The zero-order valence-electron chi connectivity index (χ0n) is 10.5. The lowest BCUT2D eigenvalue weighted by Gasteiger charge is -2.34. The Hall–Kier alpha value is -1.32. The number of esters is 1. The van der Waals surface area contributed by atoms with Crippen LogP contribution in [0.3, 0.4) is 0 Å². The van der Waals surface area contributed by atoms with Crippen molar-refractivity contribution in [2.75, 3.05) is 0 Å². The van der Waals surface area contributed by atoms with Crippen LogP contribution in [0.1, 0.15) is 26.2 Å². The molecular formula is C14H18O4. The van der Waals surface area contributed by atoms with Gasteiger partial charge in [-0.2, -0.15) is 0 Å². The topological polar surface area (TPSA) is 63.6 Å². The first-order valence-corrected chi connectivity index (χ1v) is 6.58. The van der Waals surface area contributed by atoms with Gasteiger partial charge in [0.2, 0.25) is 0 Å². The van der Waals surface area contributed by atoms with E-state index in [1.54, 1.807) is 6.92 Å². The van der Waals surface area contributed by atoms with Crippen LogP contribution < -0.4 is 0 Å². The van der Waals surface area contributed by atoms with Crippen LogP contribution in [-0.4, -0.2) is 23.1 Å². The molecule has 4 aliphatic rings. The number of rotatable bonds is 3. The molecule has 4 rings (SSSR count). The molecule has 0 heterocycles. The molecule has 0 aromatic rings. The van der Waals surface area contributed by atoms with E-state index in [4.69, 9.17) is 4.74 Å². The van der Waals surface area contributed by atoms with Gasteiger partial charge >= 0.3 is 11.9 Å². The predicted molar refractivity (Wildman–Crippen MR) is 63.6 cm³/mol. The molecule has 6 unspecified atom stereocenters. The van der Waals surface area contributed by atoms with Gasteiger partial charge in [-0.3, -0.25) is 4.79 Å². The second kappa shape index (κ2) is 3.84. The number of ether oxygens (including phenoxy) is 1. The summed E-state index contributed by atoms with van der Waals surface area (Å²) in [7, 11) is 0. The molecule has 0 amide bonds. The molecule has 4 nitrogen and oxygen atoms in total. The third kappa shape index (κ3) is 1.51. The summed E-state index contributed by atoms with van der Waals surface area (Å²) in [4.78, 5) is 23.0. The molecule has 4 fully saturated rings. The fourth-order valence-electron chi connectivity index (χ4n) is 4.47. The molecule has 1 N–H and O–H groups in total. The van der Waals surface area contributed by atoms with Gasteiger partial charge < -0.3 is 9.84 Å². The molecule has 0 aromatic heterocycles. The van der Waals surface area contributed by atoms with Crippen molar-refractivity contribution >= 4 is 11.9 Å². The average molecular weight is 250 g/mol. The van der Waals surface area contributed by atoms with E-state index >= 15 is 0 Å². The molecule has 0 spiro atoms. The molecule has 18 heavy (non-hydrogen) atoms. The lowest BCUT2D eigenvalue weighted by Crippen LogP contribution is -2.37. The Bertz CT molecular complexity index is 428. The molecular weight excluding hydrogens is 232 g/mol. The van der Waals surface area contributed by atoms with Gasteiger partial charge in [-0.05, 0) is 38.0 Å². The van der Waals surface area contributed by atoms with Crippen LogP contribution in [0.25, 0.3) is 0 Å². The van der Waals surface area contributed by atoms with Gasteiger partial charge in [0.05, 0.1) is 5.92 Å². The van der Waals surface area contributed by atoms with Crippen molar-refractivity contribution in [1.29, 1.82) is 0 Å². The Labute approximate surface area is 106 Å². The summed E-state index contributed by atoms with van der Waals surface area (Å²) in [6.07, 6.45) is 2.73. The van der Waals surface area contributed by atoms with Crippen LogP contribution in [-0.2, 0) is 14.3 Å². The zero-order valence-corrected chi connectivity index (χ0v) is 10.5. The van der Waals surface area contributed by atoms with Crippen LogP contribution in [0.5, 0.6) is 0 Å². The predicted octanol–water partition coefficient (Wildman–Crippen LogP) is 1.85. The van der Waals surface area contributed by atoms with E-state index in [0.29, 0.717) is 11.5 Å². The molecule has 4 bridgehead atoms. The summed E-state index contributed by atoms with van der Waals surface area (Å²) in [5.74, 6) is -0.248. The maximum atomic E-state index is 11.7. The summed E-state index contributed by atoms with van der Waals surface area (Å²) in [6.45, 7) is 5.21. The van der Waals surface area contributed by atoms with Gasteiger partial charge in [0.1, 0.15) is 6.10 Å². The Morgan fingerprint density at radius 1 is 1.17 bits per heavy atom. The third-order valence-electron chi connectivity index (χ3n) is 5.01. The van der Waals surface area contributed by atoms with Crippen molar-refractivity contribution in [3.05, 3.63) is 12.2 Å². The Kier molecular flexibility index (Phi) is 2.50. The van der Waals surface area contributed by atoms with Crippen LogP contribution in [0.2, 0.25) is 0 Å². The second-order valence-corrected chi connectivity index (χ2v) is 6.08. The van der Waals surface area contributed by atoms with Crippen LogP contribution in [0, 0.1) is 29.6 Å². The fraction of sp³-hybridized carbons (Fsp3) is 0.714. The van der Waals surface area contributed by atoms with Gasteiger partial charge in [-0.1, -0.05) is 6.58 Å². The quantitative estimate of drug-likeness (QED) is 0.613. The lowest BCUT2D eigenvalue weighted by molar-refractivity contribution is -0.154. The summed E-state index contributed by atoms with van der Waals surface area (Å²) in [5, 5.41) is 9.36. The summed E-state index contributed by atoms with van der Waals surface area (Å²) in [5.41, 5.74) is 0.388. The third-order valence-corrected chi connectivity index (χ3v) is 5.01. The fourth-order valence-corrected chi connectivity index (χ4v) is 4.47. The molecule has 4 aliphatic carbocycles. The van der Waals surface area contributed by atoms with Crippen molar-refractivity contribution in [2.45, 2.75) is 32.3 Å². The van der Waals surface area contributed by atoms with Gasteiger partial charge in [0, 0.05) is 17.4 Å². The van der Waals surface area contributed by atoms with E-state index in [9.17, 15) is 14.7 Å².